The van der Waals surface area contributed by atoms with Crippen molar-refractivity contribution in [3.8, 4) is 0 Å². The summed E-state index contributed by atoms with van der Waals surface area (Å²) in [4.78, 5) is 3.91. The van der Waals surface area contributed by atoms with Crippen molar-refractivity contribution in [3.63, 3.8) is 0 Å². The lowest BCUT2D eigenvalue weighted by Crippen LogP contribution is -2.28. The van der Waals surface area contributed by atoms with Crippen molar-refractivity contribution in [2.45, 2.75) is 0 Å². The van der Waals surface area contributed by atoms with E-state index in [0.717, 1.165) is 0 Å². The van der Waals surface area contributed by atoms with Gasteiger partial charge in [-0.1, -0.05) is 5.64 Å². The fourth-order valence-electron chi connectivity index (χ4n) is 0.0739. The summed E-state index contributed by atoms with van der Waals surface area (Å²) in [6.07, 6.45) is 0. The molecule has 38 valence electrons. The van der Waals surface area contributed by atoms with Crippen LogP contribution >= 0.6 is 0 Å². The largest absolute Gasteiger partial charge is 0.317 e. The Morgan fingerprint density at radius 3 is 2.67 bits per heavy atom. The average molecular weight is 93.1 g/mol. The molecule has 0 aliphatic heterocycles. The molecule has 6 heavy (non-hydrogen) atoms. The van der Waals surface area contributed by atoms with Crippen molar-refractivity contribution in [1.82, 2.24) is 11.1 Å². The van der Waals surface area contributed by atoms with Gasteiger partial charge >= 0.3 is 0 Å². The normalized spacial score (nSPS) is 9.00. The molecule has 0 saturated heterocycles. The molecule has 0 aliphatic rings. The summed E-state index contributed by atoms with van der Waals surface area (Å²) in [6, 6.07) is 0. The van der Waals surface area contributed by atoms with E-state index < -0.39 is 0 Å². The lowest BCUT2D eigenvalue weighted by atomic mass is 11.3. The highest BCUT2D eigenvalue weighted by molar-refractivity contribution is 4.03. The van der Waals surface area contributed by atoms with Gasteiger partial charge in [-0.2, -0.15) is 10.4 Å². The summed E-state index contributed by atoms with van der Waals surface area (Å²) in [5.41, 5.74) is 8.32. The Kier molecular flexibility index (Phi) is 4.64. The molecular formula is CH7N3O2. The predicted octanol–water partition coefficient (Wildman–Crippen LogP) is -1.68. The molecule has 0 aromatic rings. The van der Waals surface area contributed by atoms with E-state index in [0.29, 0.717) is 0 Å². The quantitative estimate of drug-likeness (QED) is 0.190. The van der Waals surface area contributed by atoms with Crippen LogP contribution in [0.4, 0.5) is 0 Å². The van der Waals surface area contributed by atoms with Gasteiger partial charge in [0.2, 0.25) is 0 Å². The minimum Gasteiger partial charge on any atom is -0.317 e. The molecule has 0 saturated carbocycles. The van der Waals surface area contributed by atoms with Crippen LogP contribution in [0.3, 0.4) is 0 Å². The van der Waals surface area contributed by atoms with E-state index in [-0.39, 0.29) is 6.67 Å². The van der Waals surface area contributed by atoms with Crippen molar-refractivity contribution in [1.29, 1.82) is 0 Å². The summed E-state index contributed by atoms with van der Waals surface area (Å²) in [5.74, 6) is 0. The van der Waals surface area contributed by atoms with Crippen molar-refractivity contribution >= 4 is 0 Å². The maximum atomic E-state index is 7.61. The summed E-state index contributed by atoms with van der Waals surface area (Å²) in [7, 11) is 0. The van der Waals surface area contributed by atoms with Crippen LogP contribution in [-0.2, 0) is 4.94 Å². The van der Waals surface area contributed by atoms with E-state index in [9.17, 15) is 0 Å². The number of hydroxylamine groups is 1. The SMILES string of the molecule is NCNONO. The molecule has 5 N–H and O–H groups in total. The second kappa shape index (κ2) is 4.80. The minimum atomic E-state index is 0.160. The van der Waals surface area contributed by atoms with Gasteiger partial charge in [0.1, 0.15) is 0 Å². The highest BCUT2D eigenvalue weighted by atomic mass is 16.9. The highest BCUT2D eigenvalue weighted by Crippen LogP contribution is 1.39. The summed E-state index contributed by atoms with van der Waals surface area (Å²) in [5, 5.41) is 7.61. The van der Waals surface area contributed by atoms with E-state index in [1.165, 1.54) is 5.64 Å². The fourth-order valence-corrected chi connectivity index (χ4v) is 0.0739. The third-order valence-electron chi connectivity index (χ3n) is 0.201. The van der Waals surface area contributed by atoms with Crippen LogP contribution in [-0.4, -0.2) is 11.9 Å². The van der Waals surface area contributed by atoms with Crippen molar-refractivity contribution in [3.05, 3.63) is 0 Å². The molecule has 5 heteroatoms. The number of nitrogens with two attached hydrogens (primary N) is 1. The fraction of sp³-hybridized carbons (Fsp3) is 1.00. The van der Waals surface area contributed by atoms with Gasteiger partial charge in [0.05, 0.1) is 6.67 Å². The van der Waals surface area contributed by atoms with Crippen LogP contribution in [0.1, 0.15) is 0 Å². The maximum absolute atomic E-state index is 7.61. The van der Waals surface area contributed by atoms with Gasteiger partial charge in [0.15, 0.2) is 0 Å². The van der Waals surface area contributed by atoms with Crippen LogP contribution in [0.5, 0.6) is 0 Å². The number of nitrogens with one attached hydrogen (secondary N) is 2. The molecular weight excluding hydrogens is 86.0 g/mol. The third-order valence-corrected chi connectivity index (χ3v) is 0.201. The lowest BCUT2D eigenvalue weighted by Gasteiger charge is -1.93. The van der Waals surface area contributed by atoms with Gasteiger partial charge < -0.3 is 5.73 Å². The molecule has 5 nitrogen and oxygen atoms in total. The minimum absolute atomic E-state index is 0.160. The standard InChI is InChI=1S/CH7N3O2/c2-1-3-6-4-5/h3-5H,1-2H2. The second-order valence-corrected chi connectivity index (χ2v) is 0.542. The molecule has 0 atom stereocenters. The predicted molar refractivity (Wildman–Crippen MR) is 18.2 cm³/mol. The van der Waals surface area contributed by atoms with Crippen LogP contribution in [0, 0.1) is 0 Å². The summed E-state index contributed by atoms with van der Waals surface area (Å²) >= 11 is 0. The van der Waals surface area contributed by atoms with Gasteiger partial charge in [-0.05, 0) is 0 Å². The van der Waals surface area contributed by atoms with E-state index in [1.54, 1.807) is 0 Å². The Bertz CT molecular complexity index is 20.8. The average Bonchev–Trinajstić information content (AvgIpc) is 1.61. The van der Waals surface area contributed by atoms with Crippen LogP contribution in [0.2, 0.25) is 0 Å². The van der Waals surface area contributed by atoms with E-state index in [1.807, 2.05) is 0 Å². The first-order valence-electron chi connectivity index (χ1n) is 1.39. The molecule has 0 aromatic carbocycles. The first kappa shape index (κ1) is 5.80. The Morgan fingerprint density at radius 1 is 1.83 bits per heavy atom. The zero-order valence-corrected chi connectivity index (χ0v) is 3.14. The second-order valence-electron chi connectivity index (χ2n) is 0.542. The van der Waals surface area contributed by atoms with Crippen LogP contribution < -0.4 is 16.9 Å². The van der Waals surface area contributed by atoms with E-state index >= 15 is 0 Å². The lowest BCUT2D eigenvalue weighted by molar-refractivity contribution is -0.172. The van der Waals surface area contributed by atoms with Crippen LogP contribution in [0.25, 0.3) is 0 Å². The third kappa shape index (κ3) is 3.80. The first-order chi connectivity index (χ1) is 2.91. The van der Waals surface area contributed by atoms with Gasteiger partial charge in [-0.15, -0.1) is 0 Å². The molecule has 0 bridgehead atoms. The number of hydrogen-bond donors (Lipinski definition) is 4. The first-order valence-corrected chi connectivity index (χ1v) is 1.39. The molecule has 0 unspecified atom stereocenters. The Balaban J connectivity index is 2.34. The van der Waals surface area contributed by atoms with Gasteiger partial charge in [-0.3, -0.25) is 5.21 Å². The Hall–Kier alpha value is -0.200. The number of hydrogen-bond acceptors (Lipinski definition) is 5. The molecule has 0 aromatic heterocycles. The van der Waals surface area contributed by atoms with Crippen molar-refractivity contribution < 1.29 is 10.1 Å². The van der Waals surface area contributed by atoms with Crippen molar-refractivity contribution in [2.75, 3.05) is 6.67 Å². The maximum Gasteiger partial charge on any atom is 0.0695 e. The Labute approximate surface area is 34.9 Å². The zero-order chi connectivity index (χ0) is 4.83. The molecule has 0 amide bonds. The smallest absolute Gasteiger partial charge is 0.0695 e. The summed E-state index contributed by atoms with van der Waals surface area (Å²) < 4.78 is 0. The zero-order valence-electron chi connectivity index (χ0n) is 3.14. The van der Waals surface area contributed by atoms with Gasteiger partial charge in [0.25, 0.3) is 0 Å². The topological polar surface area (TPSA) is 79.5 Å². The molecule has 0 heterocycles. The van der Waals surface area contributed by atoms with Crippen LogP contribution in [0.15, 0.2) is 0 Å². The molecule has 0 rings (SSSR count). The van der Waals surface area contributed by atoms with Gasteiger partial charge in [0, 0.05) is 0 Å². The molecule has 0 fully saturated rings. The van der Waals surface area contributed by atoms with E-state index in [4.69, 9.17) is 10.9 Å². The number of rotatable bonds is 3. The highest BCUT2D eigenvalue weighted by Gasteiger charge is 1.68. The molecule has 0 radical (unpaired) electrons. The molecule has 0 spiro atoms. The van der Waals surface area contributed by atoms with Gasteiger partial charge in [-0.25, -0.2) is 0 Å². The van der Waals surface area contributed by atoms with Crippen molar-refractivity contribution in [2.24, 2.45) is 5.73 Å². The summed E-state index contributed by atoms with van der Waals surface area (Å²) in [6.45, 7) is 0.160. The Morgan fingerprint density at radius 2 is 2.50 bits per heavy atom. The monoisotopic (exact) mass is 93.1 g/mol. The molecule has 0 aliphatic carbocycles. The van der Waals surface area contributed by atoms with E-state index in [2.05, 4.69) is 10.4 Å².